The summed E-state index contributed by atoms with van der Waals surface area (Å²) in [6.07, 6.45) is 1.58. The van der Waals surface area contributed by atoms with Crippen LogP contribution in [-0.2, 0) is 6.42 Å². The maximum Gasteiger partial charge on any atom is 0.172 e. The zero-order valence-electron chi connectivity index (χ0n) is 6.89. The van der Waals surface area contributed by atoms with Crippen LogP contribution in [-0.4, -0.2) is 5.78 Å². The largest absolute Gasteiger partial charge is 0.293 e. The third-order valence-electron chi connectivity index (χ3n) is 1.70. The molecule has 11 heavy (non-hydrogen) atoms. The Bertz CT molecular complexity index is 250. The molecule has 0 amide bonds. The van der Waals surface area contributed by atoms with Crippen LogP contribution < -0.4 is 0 Å². The molecule has 60 valence electrons. The summed E-state index contributed by atoms with van der Waals surface area (Å²) in [5.41, 5.74) is 1.20. The fourth-order valence-electron chi connectivity index (χ4n) is 1.02. The molecule has 0 aliphatic carbocycles. The molecule has 0 unspecified atom stereocenters. The van der Waals surface area contributed by atoms with E-state index in [1.165, 1.54) is 5.56 Å². The van der Waals surface area contributed by atoms with E-state index in [2.05, 4.69) is 6.92 Å². The second-order valence-corrected chi connectivity index (χ2v) is 3.32. The zero-order chi connectivity index (χ0) is 8.27. The molecule has 0 N–H and O–H groups in total. The van der Waals surface area contributed by atoms with Crippen LogP contribution in [0.2, 0.25) is 0 Å². The number of ketones is 1. The second-order valence-electron chi connectivity index (χ2n) is 2.41. The Morgan fingerprint density at radius 1 is 1.55 bits per heavy atom. The van der Waals surface area contributed by atoms with Crippen molar-refractivity contribution in [2.24, 2.45) is 0 Å². The van der Waals surface area contributed by atoms with Crippen LogP contribution in [0.15, 0.2) is 11.4 Å². The van der Waals surface area contributed by atoms with Crippen molar-refractivity contribution in [3.63, 3.8) is 0 Å². The third kappa shape index (κ3) is 1.69. The van der Waals surface area contributed by atoms with E-state index >= 15 is 0 Å². The molecule has 0 saturated heterocycles. The van der Waals surface area contributed by atoms with E-state index in [1.54, 1.807) is 11.3 Å². The van der Waals surface area contributed by atoms with Crippen LogP contribution in [0.4, 0.5) is 0 Å². The first kappa shape index (κ1) is 8.47. The molecule has 0 atom stereocenters. The van der Waals surface area contributed by atoms with E-state index in [9.17, 15) is 4.79 Å². The third-order valence-corrected chi connectivity index (χ3v) is 2.70. The first-order valence-corrected chi connectivity index (χ1v) is 4.77. The summed E-state index contributed by atoms with van der Waals surface area (Å²) < 4.78 is 0. The van der Waals surface area contributed by atoms with Gasteiger partial charge in [0, 0.05) is 6.42 Å². The molecular formula is C9H12OS. The summed E-state index contributed by atoms with van der Waals surface area (Å²) in [4.78, 5) is 12.2. The lowest BCUT2D eigenvalue weighted by Gasteiger charge is -1.95. The first-order valence-electron chi connectivity index (χ1n) is 3.89. The average Bonchev–Trinajstić information content (AvgIpc) is 2.50. The molecule has 2 heteroatoms. The van der Waals surface area contributed by atoms with Crippen LogP contribution in [0, 0.1) is 0 Å². The van der Waals surface area contributed by atoms with Crippen molar-refractivity contribution in [1.29, 1.82) is 0 Å². The van der Waals surface area contributed by atoms with E-state index < -0.39 is 0 Å². The molecule has 1 aromatic heterocycles. The summed E-state index contributed by atoms with van der Waals surface area (Å²) in [7, 11) is 0. The summed E-state index contributed by atoms with van der Waals surface area (Å²) >= 11 is 1.56. The summed E-state index contributed by atoms with van der Waals surface area (Å²) in [5, 5.41) is 1.99. The summed E-state index contributed by atoms with van der Waals surface area (Å²) in [5.74, 6) is 0.275. The topological polar surface area (TPSA) is 17.1 Å². The van der Waals surface area contributed by atoms with E-state index in [1.807, 2.05) is 18.4 Å². The van der Waals surface area contributed by atoms with E-state index in [4.69, 9.17) is 0 Å². The molecule has 0 bridgehead atoms. The number of carbonyl (C=O) groups is 1. The Kier molecular flexibility index (Phi) is 2.83. The number of aryl methyl sites for hydroxylation is 1. The Morgan fingerprint density at radius 2 is 2.27 bits per heavy atom. The highest BCUT2D eigenvalue weighted by Gasteiger charge is 2.08. The quantitative estimate of drug-likeness (QED) is 0.634. The average molecular weight is 168 g/mol. The smallest absolute Gasteiger partial charge is 0.172 e. The van der Waals surface area contributed by atoms with Gasteiger partial charge < -0.3 is 0 Å². The van der Waals surface area contributed by atoms with Crippen molar-refractivity contribution < 1.29 is 4.79 Å². The van der Waals surface area contributed by atoms with Gasteiger partial charge in [0.15, 0.2) is 5.78 Å². The Balaban J connectivity index is 2.92. The van der Waals surface area contributed by atoms with Gasteiger partial charge in [-0.2, -0.15) is 0 Å². The normalized spacial score (nSPS) is 10.0. The van der Waals surface area contributed by atoms with Crippen LogP contribution in [0.1, 0.15) is 35.5 Å². The van der Waals surface area contributed by atoms with Crippen LogP contribution in [0.5, 0.6) is 0 Å². The van der Waals surface area contributed by atoms with Gasteiger partial charge in [-0.05, 0) is 23.4 Å². The maximum atomic E-state index is 11.3. The minimum absolute atomic E-state index is 0.275. The van der Waals surface area contributed by atoms with Gasteiger partial charge >= 0.3 is 0 Å². The Hall–Kier alpha value is -0.630. The highest BCUT2D eigenvalue weighted by atomic mass is 32.1. The minimum atomic E-state index is 0.275. The number of Topliss-reactive ketones (excluding diaryl/α,β-unsaturated/α-hetero) is 1. The van der Waals surface area contributed by atoms with Crippen molar-refractivity contribution in [1.82, 2.24) is 0 Å². The van der Waals surface area contributed by atoms with E-state index in [0.717, 1.165) is 11.3 Å². The van der Waals surface area contributed by atoms with E-state index in [-0.39, 0.29) is 5.78 Å². The molecular weight excluding hydrogens is 156 g/mol. The number of hydrogen-bond acceptors (Lipinski definition) is 2. The number of hydrogen-bond donors (Lipinski definition) is 0. The molecule has 0 aromatic carbocycles. The number of thiophene rings is 1. The highest BCUT2D eigenvalue weighted by Crippen LogP contribution is 2.18. The van der Waals surface area contributed by atoms with Crippen molar-refractivity contribution in [2.75, 3.05) is 0 Å². The lowest BCUT2D eigenvalue weighted by Crippen LogP contribution is -1.96. The maximum absolute atomic E-state index is 11.3. The SMILES string of the molecule is CCC(=O)c1sccc1CC. The molecule has 0 aliphatic heterocycles. The van der Waals surface area contributed by atoms with Gasteiger partial charge in [-0.25, -0.2) is 0 Å². The molecule has 0 spiro atoms. The van der Waals surface area contributed by atoms with Gasteiger partial charge in [-0.1, -0.05) is 13.8 Å². The zero-order valence-corrected chi connectivity index (χ0v) is 7.70. The summed E-state index contributed by atoms with van der Waals surface area (Å²) in [6.45, 7) is 3.98. The molecule has 0 radical (unpaired) electrons. The minimum Gasteiger partial charge on any atom is -0.293 e. The van der Waals surface area contributed by atoms with Crippen molar-refractivity contribution >= 4 is 17.1 Å². The monoisotopic (exact) mass is 168 g/mol. The lowest BCUT2D eigenvalue weighted by atomic mass is 10.1. The molecule has 0 saturated carbocycles. The predicted octanol–water partition coefficient (Wildman–Crippen LogP) is 2.90. The standard InChI is InChI=1S/C9H12OS/c1-3-7-5-6-11-9(7)8(10)4-2/h5-6H,3-4H2,1-2H3. The van der Waals surface area contributed by atoms with Gasteiger partial charge in [-0.3, -0.25) is 4.79 Å². The fraction of sp³-hybridized carbons (Fsp3) is 0.444. The number of carbonyl (C=O) groups excluding carboxylic acids is 1. The van der Waals surface area contributed by atoms with E-state index in [0.29, 0.717) is 6.42 Å². The van der Waals surface area contributed by atoms with Gasteiger partial charge in [0.05, 0.1) is 4.88 Å². The molecule has 1 aromatic rings. The summed E-state index contributed by atoms with van der Waals surface area (Å²) in [6, 6.07) is 2.04. The lowest BCUT2D eigenvalue weighted by molar-refractivity contribution is 0.0991. The molecule has 1 heterocycles. The number of rotatable bonds is 3. The molecule has 1 nitrogen and oxygen atoms in total. The second kappa shape index (κ2) is 3.67. The van der Waals surface area contributed by atoms with Crippen molar-refractivity contribution in [3.05, 3.63) is 21.9 Å². The van der Waals surface area contributed by atoms with Gasteiger partial charge in [0.25, 0.3) is 0 Å². The van der Waals surface area contributed by atoms with Crippen molar-refractivity contribution in [2.45, 2.75) is 26.7 Å². The van der Waals surface area contributed by atoms with Crippen LogP contribution >= 0.6 is 11.3 Å². The van der Waals surface area contributed by atoms with Crippen LogP contribution in [0.25, 0.3) is 0 Å². The van der Waals surface area contributed by atoms with Gasteiger partial charge in [0.1, 0.15) is 0 Å². The first-order chi connectivity index (χ1) is 5.29. The van der Waals surface area contributed by atoms with Gasteiger partial charge in [-0.15, -0.1) is 11.3 Å². The predicted molar refractivity (Wildman–Crippen MR) is 48.3 cm³/mol. The molecule has 1 rings (SSSR count). The highest BCUT2D eigenvalue weighted by molar-refractivity contribution is 7.12. The van der Waals surface area contributed by atoms with Crippen molar-refractivity contribution in [3.8, 4) is 0 Å². The fourth-order valence-corrected chi connectivity index (χ4v) is 2.03. The Labute approximate surface area is 71.1 Å². The molecule has 0 aliphatic rings. The van der Waals surface area contributed by atoms with Crippen LogP contribution in [0.3, 0.4) is 0 Å². The Morgan fingerprint density at radius 3 is 2.82 bits per heavy atom. The molecule has 0 fully saturated rings. The van der Waals surface area contributed by atoms with Gasteiger partial charge in [0.2, 0.25) is 0 Å².